The van der Waals surface area contributed by atoms with Gasteiger partial charge in [-0.3, -0.25) is 0 Å². The first-order valence-corrected chi connectivity index (χ1v) is 26.8. The molecule has 87 heavy (non-hydrogen) atoms. The smallest absolute Gasteiger partial charge is 0.346 e. The van der Waals surface area contributed by atoms with Gasteiger partial charge in [-0.05, 0) is 108 Å². The Morgan fingerprint density at radius 2 is 0.920 bits per heavy atom. The predicted octanol–water partition coefficient (Wildman–Crippen LogP) is 12.2. The van der Waals surface area contributed by atoms with Gasteiger partial charge < -0.3 is 32.8 Å². The average molecular weight is 1190 g/mol. The van der Waals surface area contributed by atoms with E-state index in [-0.39, 0.29) is 165 Å². The third-order valence-electron chi connectivity index (χ3n) is 14.9. The summed E-state index contributed by atoms with van der Waals surface area (Å²) in [6.45, 7) is -1.39. The number of carbonyl (C=O) groups is 2. The van der Waals surface area contributed by atoms with Crippen molar-refractivity contribution in [1.29, 1.82) is 10.5 Å². The highest BCUT2D eigenvalue weighted by Crippen LogP contribution is 2.36. The number of benzene rings is 6. The molecule has 4 aromatic heterocycles. The van der Waals surface area contributed by atoms with Crippen LogP contribution >= 0.6 is 0 Å². The fraction of sp³-hybridized carbons (Fsp3) is 0.188. The lowest BCUT2D eigenvalue weighted by Crippen LogP contribution is -2.21. The zero-order valence-electron chi connectivity index (χ0n) is 45.1. The molecule has 0 amide bonds. The van der Waals surface area contributed by atoms with E-state index in [9.17, 15) is 18.4 Å². The van der Waals surface area contributed by atoms with Crippen LogP contribution < -0.4 is 9.47 Å². The van der Waals surface area contributed by atoms with Crippen LogP contribution in [0.2, 0.25) is 0 Å². The van der Waals surface area contributed by atoms with Gasteiger partial charge in [-0.15, -0.1) is 0 Å². The number of ether oxygens (including phenoxy) is 5. The van der Waals surface area contributed by atoms with E-state index in [1.165, 1.54) is 106 Å². The van der Waals surface area contributed by atoms with Crippen molar-refractivity contribution < 1.29 is 68.4 Å². The minimum Gasteiger partial charge on any atom is -0.473 e. The third-order valence-corrected chi connectivity index (χ3v) is 14.9. The number of halogens is 8. The molecular formula is C64H42F8N8O7. The molecule has 2 fully saturated rings. The number of rotatable bonds is 16. The molecule has 10 aromatic rings. The lowest BCUT2D eigenvalue weighted by Gasteiger charge is -2.18. The second-order valence-electron chi connectivity index (χ2n) is 20.5. The SMILES string of the molecule is N#Cc1ccc(COc2cccc(-c3cc(F)c(Cc4nc5ccc(C(=O)OC(=O)c6ccc7nc(Cc8cc(F)c(-c9cccc(OCc%10ccc(C#N)cc%10F)n9)cc8F)n([C@@H]8COC[C@H]8F)c7c6)cc5n4[C@@H]4COC[C@H]4F)cc3F)n2)c(F)c1. The molecule has 2 aliphatic heterocycles. The minimum absolute atomic E-state index is 0.00234. The van der Waals surface area contributed by atoms with Crippen LogP contribution in [-0.4, -0.2) is 79.8 Å². The number of alkyl halides is 2. The van der Waals surface area contributed by atoms with Crippen LogP contribution in [-0.2, 0) is 40.3 Å². The lowest BCUT2D eigenvalue weighted by atomic mass is 10.0. The number of pyridine rings is 2. The van der Waals surface area contributed by atoms with Crippen molar-refractivity contribution in [2.75, 3.05) is 26.4 Å². The van der Waals surface area contributed by atoms with Gasteiger partial charge in [-0.25, -0.2) is 64.6 Å². The standard InChI is InChI=1S/C64H42F8N8O7/c65-43-15-33(25-73)7-9-37(43)27-85-61-5-1-3-51(77-61)41-23-45(67)39(17-47(41)69)21-59-75-53-13-11-35(19-55(53)79(59)57-31-83-29-49(57)71)63(81)87-64(82)36-12-14-54-56(20-36)80(58-32-84-30-50(58)72)60(76-54)22-40-18-48(70)42(24-46(40)68)52-4-2-6-62(78-52)86-28-38-10-8-34(26-74)16-44(38)66/h1-20,23-24,49-50,57-58H,21-22,27-32H2/t49-,50-,57-,58-/m1/s1. The number of esters is 2. The molecule has 6 aromatic carbocycles. The Bertz CT molecular complexity index is 4210. The van der Waals surface area contributed by atoms with E-state index in [2.05, 4.69) is 19.9 Å². The molecule has 0 N–H and O–H groups in total. The first kappa shape index (κ1) is 57.1. The molecule has 15 nitrogen and oxygen atoms in total. The van der Waals surface area contributed by atoms with Crippen LogP contribution in [0.25, 0.3) is 44.6 Å². The van der Waals surface area contributed by atoms with Crippen LogP contribution in [0.1, 0.15) is 77.8 Å². The zero-order valence-corrected chi connectivity index (χ0v) is 45.1. The summed E-state index contributed by atoms with van der Waals surface area (Å²) in [7, 11) is 0. The molecule has 2 aliphatic rings. The second-order valence-corrected chi connectivity index (χ2v) is 20.5. The molecule has 4 atom stereocenters. The molecule has 6 heterocycles. The topological polar surface area (TPSA) is 189 Å². The van der Waals surface area contributed by atoms with Crippen molar-refractivity contribution in [1.82, 2.24) is 29.1 Å². The van der Waals surface area contributed by atoms with Crippen LogP contribution in [0.15, 0.2) is 133 Å². The number of carbonyl (C=O) groups excluding carboxylic acids is 2. The summed E-state index contributed by atoms with van der Waals surface area (Å²) in [4.78, 5) is 45.6. The number of fused-ring (bicyclic) bond motifs is 2. The number of hydrogen-bond acceptors (Lipinski definition) is 13. The Balaban J connectivity index is 0.772. The Labute approximate surface area is 488 Å². The van der Waals surface area contributed by atoms with E-state index < -0.39 is 71.3 Å². The Morgan fingerprint density at radius 3 is 1.31 bits per heavy atom. The second kappa shape index (κ2) is 24.0. The van der Waals surface area contributed by atoms with Gasteiger partial charge in [0.1, 0.15) is 72.1 Å². The highest BCUT2D eigenvalue weighted by molar-refractivity contribution is 6.05. The summed E-state index contributed by atoms with van der Waals surface area (Å²) < 4.78 is 155. The molecule has 436 valence electrons. The Morgan fingerprint density at radius 1 is 0.494 bits per heavy atom. The van der Waals surface area contributed by atoms with Crippen LogP contribution in [0.3, 0.4) is 0 Å². The number of hydrogen-bond donors (Lipinski definition) is 0. The maximum Gasteiger partial charge on any atom is 0.346 e. The van der Waals surface area contributed by atoms with E-state index >= 15 is 26.3 Å². The molecule has 0 aliphatic carbocycles. The van der Waals surface area contributed by atoms with Gasteiger partial charge >= 0.3 is 11.9 Å². The van der Waals surface area contributed by atoms with Gasteiger partial charge in [0, 0.05) is 47.2 Å². The summed E-state index contributed by atoms with van der Waals surface area (Å²) in [5.74, 6) is -6.96. The van der Waals surface area contributed by atoms with Gasteiger partial charge in [0.15, 0.2) is 0 Å². The van der Waals surface area contributed by atoms with E-state index in [0.29, 0.717) is 0 Å². The van der Waals surface area contributed by atoms with Gasteiger partial charge in [0.05, 0.1) is 106 Å². The molecule has 0 unspecified atom stereocenters. The predicted molar refractivity (Wildman–Crippen MR) is 294 cm³/mol. The van der Waals surface area contributed by atoms with Gasteiger partial charge in [0.2, 0.25) is 11.8 Å². The highest BCUT2D eigenvalue weighted by atomic mass is 19.2. The number of nitrogens with zero attached hydrogens (tertiary/aromatic N) is 8. The van der Waals surface area contributed by atoms with E-state index in [1.807, 2.05) is 12.1 Å². The molecular weight excluding hydrogens is 1140 g/mol. The zero-order chi connectivity index (χ0) is 60.6. The first-order chi connectivity index (χ1) is 42.1. The van der Waals surface area contributed by atoms with Crippen molar-refractivity contribution in [2.24, 2.45) is 0 Å². The molecule has 0 saturated carbocycles. The Kier molecular flexibility index (Phi) is 15.7. The number of imidazole rings is 2. The van der Waals surface area contributed by atoms with E-state index in [4.69, 9.17) is 34.2 Å². The van der Waals surface area contributed by atoms with Gasteiger partial charge in [-0.1, -0.05) is 24.3 Å². The average Bonchev–Trinajstić information content (AvgIpc) is 1.79. The Hall–Kier alpha value is -10.4. The number of aromatic nitrogens is 6. The first-order valence-electron chi connectivity index (χ1n) is 26.8. The summed E-state index contributed by atoms with van der Waals surface area (Å²) in [5, 5.41) is 18.1. The van der Waals surface area contributed by atoms with Crippen molar-refractivity contribution >= 4 is 34.0 Å². The van der Waals surface area contributed by atoms with Crippen molar-refractivity contribution in [2.45, 2.75) is 50.5 Å². The maximum atomic E-state index is 16.1. The van der Waals surface area contributed by atoms with Crippen LogP contribution in [0.5, 0.6) is 11.8 Å². The van der Waals surface area contributed by atoms with Crippen molar-refractivity contribution in [3.05, 3.63) is 225 Å². The summed E-state index contributed by atoms with van der Waals surface area (Å²) >= 11 is 0. The molecule has 2 saturated heterocycles. The third kappa shape index (κ3) is 11.7. The van der Waals surface area contributed by atoms with E-state index in [1.54, 1.807) is 0 Å². The number of nitriles is 2. The molecule has 0 spiro atoms. The quantitative estimate of drug-likeness (QED) is 0.0505. The largest absolute Gasteiger partial charge is 0.473 e. The molecule has 12 rings (SSSR count). The summed E-state index contributed by atoms with van der Waals surface area (Å²) in [6, 6.07) is 30.0. The van der Waals surface area contributed by atoms with Gasteiger partial charge in [0.25, 0.3) is 0 Å². The molecule has 23 heteroatoms. The minimum atomic E-state index is -1.58. The maximum absolute atomic E-state index is 16.1. The normalized spacial score (nSPS) is 16.5. The van der Waals surface area contributed by atoms with Crippen molar-refractivity contribution in [3.8, 4) is 46.4 Å². The summed E-state index contributed by atoms with van der Waals surface area (Å²) in [5.41, 5.74) is 0.197. The fourth-order valence-corrected chi connectivity index (χ4v) is 10.5. The van der Waals surface area contributed by atoms with Crippen molar-refractivity contribution in [3.63, 3.8) is 0 Å². The summed E-state index contributed by atoms with van der Waals surface area (Å²) in [6.07, 6.45) is -3.89. The van der Waals surface area contributed by atoms with Crippen LogP contribution in [0.4, 0.5) is 35.1 Å². The highest BCUT2D eigenvalue weighted by Gasteiger charge is 2.35. The van der Waals surface area contributed by atoms with E-state index in [0.717, 1.165) is 36.4 Å². The molecule has 0 bridgehead atoms. The fourth-order valence-electron chi connectivity index (χ4n) is 10.5. The van der Waals surface area contributed by atoms with Gasteiger partial charge in [-0.2, -0.15) is 10.5 Å². The van der Waals surface area contributed by atoms with Crippen LogP contribution in [0, 0.1) is 57.6 Å². The lowest BCUT2D eigenvalue weighted by molar-refractivity contribution is 0.0397. The monoisotopic (exact) mass is 1190 g/mol. The molecule has 0 radical (unpaired) electrons.